The first-order valence-corrected chi connectivity index (χ1v) is 7.96. The summed E-state index contributed by atoms with van der Waals surface area (Å²) < 4.78 is 40.3. The van der Waals surface area contributed by atoms with E-state index < -0.39 is 15.8 Å². The van der Waals surface area contributed by atoms with Gasteiger partial charge in [-0.1, -0.05) is 11.6 Å². The summed E-state index contributed by atoms with van der Waals surface area (Å²) in [4.78, 5) is 3.96. The van der Waals surface area contributed by atoms with Crippen molar-refractivity contribution in [3.05, 3.63) is 47.4 Å². The van der Waals surface area contributed by atoms with E-state index >= 15 is 0 Å². The lowest BCUT2D eigenvalue weighted by molar-refractivity contribution is 0.601. The first-order chi connectivity index (χ1) is 9.92. The highest BCUT2D eigenvalue weighted by molar-refractivity contribution is 7.92. The van der Waals surface area contributed by atoms with Gasteiger partial charge >= 0.3 is 0 Å². The predicted octanol–water partition coefficient (Wildman–Crippen LogP) is 3.11. The minimum absolute atomic E-state index is 0.0211. The van der Waals surface area contributed by atoms with Gasteiger partial charge in [0.1, 0.15) is 16.5 Å². The van der Waals surface area contributed by atoms with Crippen LogP contribution < -0.4 is 10.0 Å². The normalized spacial score (nSPS) is 11.2. The van der Waals surface area contributed by atoms with E-state index in [0.717, 1.165) is 12.1 Å². The van der Waals surface area contributed by atoms with Crippen LogP contribution in [0.15, 0.2) is 41.4 Å². The van der Waals surface area contributed by atoms with Gasteiger partial charge in [0.15, 0.2) is 0 Å². The fourth-order valence-electron chi connectivity index (χ4n) is 1.73. The van der Waals surface area contributed by atoms with Crippen LogP contribution in [-0.4, -0.2) is 19.9 Å². The van der Waals surface area contributed by atoms with Crippen molar-refractivity contribution in [1.29, 1.82) is 0 Å². The Morgan fingerprint density at radius 1 is 1.33 bits per heavy atom. The Hall–Kier alpha value is -1.86. The monoisotopic (exact) mass is 329 g/mol. The molecule has 1 heterocycles. The number of sulfonamides is 1. The van der Waals surface area contributed by atoms with Gasteiger partial charge in [-0.05, 0) is 37.3 Å². The quantitative estimate of drug-likeness (QED) is 0.884. The van der Waals surface area contributed by atoms with E-state index in [1.807, 2.05) is 6.92 Å². The van der Waals surface area contributed by atoms with Crippen molar-refractivity contribution >= 4 is 33.1 Å². The fourth-order valence-corrected chi connectivity index (χ4v) is 3.13. The zero-order chi connectivity index (χ0) is 15.5. The Bertz CT molecular complexity index is 733. The molecule has 0 aliphatic rings. The Labute approximate surface area is 127 Å². The summed E-state index contributed by atoms with van der Waals surface area (Å²) >= 11 is 5.71. The standard InChI is InChI=1S/C13H13ClFN3O2S/c1-2-16-13-12(4-3-5-17-13)21(19,20)18-11-7-9(14)6-10(15)8-11/h3-8,18H,2H2,1H3,(H,16,17). The molecule has 0 spiro atoms. The Balaban J connectivity index is 2.38. The number of aromatic nitrogens is 1. The molecule has 2 N–H and O–H groups in total. The van der Waals surface area contributed by atoms with Crippen LogP contribution in [0, 0.1) is 5.82 Å². The summed E-state index contributed by atoms with van der Waals surface area (Å²) in [7, 11) is -3.90. The molecule has 0 radical (unpaired) electrons. The van der Waals surface area contributed by atoms with Gasteiger partial charge in [-0.3, -0.25) is 4.72 Å². The molecule has 0 amide bonds. The summed E-state index contributed by atoms with van der Waals surface area (Å²) in [6.45, 7) is 2.34. The number of halogens is 2. The number of hydrogen-bond acceptors (Lipinski definition) is 4. The highest BCUT2D eigenvalue weighted by Crippen LogP contribution is 2.24. The zero-order valence-corrected chi connectivity index (χ0v) is 12.7. The largest absolute Gasteiger partial charge is 0.369 e. The SMILES string of the molecule is CCNc1ncccc1S(=O)(=O)Nc1cc(F)cc(Cl)c1. The zero-order valence-electron chi connectivity index (χ0n) is 11.1. The summed E-state index contributed by atoms with van der Waals surface area (Å²) in [6.07, 6.45) is 1.48. The van der Waals surface area contributed by atoms with Crippen LogP contribution in [0.25, 0.3) is 0 Å². The molecule has 0 fully saturated rings. The maximum atomic E-state index is 13.3. The molecule has 0 unspecified atom stereocenters. The number of anilines is 2. The number of hydrogen-bond donors (Lipinski definition) is 2. The van der Waals surface area contributed by atoms with Gasteiger partial charge in [0.2, 0.25) is 0 Å². The average Bonchev–Trinajstić information content (AvgIpc) is 2.37. The van der Waals surface area contributed by atoms with E-state index in [1.54, 1.807) is 0 Å². The molecule has 0 saturated carbocycles. The molecule has 1 aromatic carbocycles. The van der Waals surface area contributed by atoms with Crippen molar-refractivity contribution < 1.29 is 12.8 Å². The smallest absolute Gasteiger partial charge is 0.265 e. The van der Waals surface area contributed by atoms with Gasteiger partial charge in [0, 0.05) is 17.8 Å². The average molecular weight is 330 g/mol. The minimum atomic E-state index is -3.90. The number of pyridine rings is 1. The molecule has 0 atom stereocenters. The van der Waals surface area contributed by atoms with Gasteiger partial charge in [0.25, 0.3) is 10.0 Å². The highest BCUT2D eigenvalue weighted by Gasteiger charge is 2.19. The lowest BCUT2D eigenvalue weighted by Gasteiger charge is -2.12. The van der Waals surface area contributed by atoms with Crippen LogP contribution in [0.5, 0.6) is 0 Å². The molecule has 0 bridgehead atoms. The van der Waals surface area contributed by atoms with Crippen LogP contribution >= 0.6 is 11.6 Å². The van der Waals surface area contributed by atoms with E-state index in [9.17, 15) is 12.8 Å². The van der Waals surface area contributed by atoms with Crippen LogP contribution in [0.1, 0.15) is 6.92 Å². The summed E-state index contributed by atoms with van der Waals surface area (Å²) in [5, 5.41) is 2.96. The summed E-state index contributed by atoms with van der Waals surface area (Å²) in [5.74, 6) is -0.395. The molecule has 0 saturated heterocycles. The maximum absolute atomic E-state index is 13.3. The molecule has 8 heteroatoms. The second kappa shape index (κ2) is 6.28. The van der Waals surface area contributed by atoms with Crippen LogP contribution in [0.3, 0.4) is 0 Å². The second-order valence-corrected chi connectivity index (χ2v) is 6.23. The Morgan fingerprint density at radius 3 is 2.76 bits per heavy atom. The van der Waals surface area contributed by atoms with Gasteiger partial charge in [-0.2, -0.15) is 0 Å². The minimum Gasteiger partial charge on any atom is -0.369 e. The topological polar surface area (TPSA) is 71.1 Å². The lowest BCUT2D eigenvalue weighted by atomic mass is 10.3. The molecule has 2 rings (SSSR count). The molecule has 0 aliphatic heterocycles. The molecule has 21 heavy (non-hydrogen) atoms. The molecule has 2 aromatic rings. The van der Waals surface area contributed by atoms with Crippen LogP contribution in [0.4, 0.5) is 15.9 Å². The molecule has 112 valence electrons. The number of benzene rings is 1. The summed E-state index contributed by atoms with van der Waals surface area (Å²) in [5.41, 5.74) is 0.0475. The molecular formula is C13H13ClFN3O2S. The molecule has 5 nitrogen and oxygen atoms in total. The van der Waals surface area contributed by atoms with Crippen LogP contribution in [-0.2, 0) is 10.0 Å². The molecular weight excluding hydrogens is 317 g/mol. The first-order valence-electron chi connectivity index (χ1n) is 6.10. The maximum Gasteiger partial charge on any atom is 0.265 e. The molecule has 0 aliphatic carbocycles. The van der Waals surface area contributed by atoms with Gasteiger partial charge in [-0.25, -0.2) is 17.8 Å². The van der Waals surface area contributed by atoms with E-state index in [2.05, 4.69) is 15.0 Å². The lowest BCUT2D eigenvalue weighted by Crippen LogP contribution is -2.16. The van der Waals surface area contributed by atoms with Crippen molar-refractivity contribution in [2.45, 2.75) is 11.8 Å². The third-order valence-electron chi connectivity index (χ3n) is 2.52. The number of nitrogens with one attached hydrogen (secondary N) is 2. The van der Waals surface area contributed by atoms with Gasteiger partial charge in [-0.15, -0.1) is 0 Å². The van der Waals surface area contributed by atoms with Crippen molar-refractivity contribution in [2.75, 3.05) is 16.6 Å². The van der Waals surface area contributed by atoms with Crippen molar-refractivity contribution in [2.24, 2.45) is 0 Å². The van der Waals surface area contributed by atoms with E-state index in [4.69, 9.17) is 11.6 Å². The van der Waals surface area contributed by atoms with E-state index in [1.165, 1.54) is 24.4 Å². The number of nitrogens with zero attached hydrogens (tertiary/aromatic N) is 1. The van der Waals surface area contributed by atoms with Crippen molar-refractivity contribution in [3.8, 4) is 0 Å². The third-order valence-corrected chi connectivity index (χ3v) is 4.15. The first kappa shape index (κ1) is 15.5. The van der Waals surface area contributed by atoms with E-state index in [0.29, 0.717) is 6.54 Å². The van der Waals surface area contributed by atoms with Gasteiger partial charge in [0.05, 0.1) is 5.69 Å². The third kappa shape index (κ3) is 3.83. The summed E-state index contributed by atoms with van der Waals surface area (Å²) in [6, 6.07) is 6.38. The number of rotatable bonds is 5. The van der Waals surface area contributed by atoms with Crippen LogP contribution in [0.2, 0.25) is 5.02 Å². The van der Waals surface area contributed by atoms with Gasteiger partial charge < -0.3 is 5.32 Å². The Kier molecular flexibility index (Phi) is 4.64. The second-order valence-electron chi connectivity index (χ2n) is 4.14. The highest BCUT2D eigenvalue weighted by atomic mass is 35.5. The predicted molar refractivity (Wildman–Crippen MR) is 80.6 cm³/mol. The fraction of sp³-hybridized carbons (Fsp3) is 0.154. The van der Waals surface area contributed by atoms with Crippen molar-refractivity contribution in [1.82, 2.24) is 4.98 Å². The van der Waals surface area contributed by atoms with Crippen molar-refractivity contribution in [3.63, 3.8) is 0 Å². The Morgan fingerprint density at radius 2 is 2.10 bits per heavy atom. The van der Waals surface area contributed by atoms with E-state index in [-0.39, 0.29) is 21.4 Å². The molecule has 1 aromatic heterocycles.